The quantitative estimate of drug-likeness (QED) is 0.885. The molecule has 0 saturated carbocycles. The van der Waals surface area contributed by atoms with Crippen molar-refractivity contribution in [1.29, 1.82) is 0 Å². The molecule has 0 atom stereocenters. The van der Waals surface area contributed by atoms with E-state index in [1.54, 1.807) is 0 Å². The van der Waals surface area contributed by atoms with Crippen molar-refractivity contribution in [2.45, 2.75) is 52.1 Å². The maximum absolute atomic E-state index is 6.13. The molecule has 0 unspecified atom stereocenters. The molecule has 0 aromatic carbocycles. The van der Waals surface area contributed by atoms with Crippen LogP contribution in [0.4, 0.5) is 0 Å². The summed E-state index contributed by atoms with van der Waals surface area (Å²) in [7, 11) is 0. The van der Waals surface area contributed by atoms with E-state index in [9.17, 15) is 0 Å². The molecule has 0 bridgehead atoms. The smallest absolute Gasteiger partial charge is 0.112 e. The summed E-state index contributed by atoms with van der Waals surface area (Å²) in [5.41, 5.74) is 7.91. The number of fused-ring (bicyclic) bond motifs is 1. The van der Waals surface area contributed by atoms with Crippen LogP contribution in [0.25, 0.3) is 11.0 Å². The van der Waals surface area contributed by atoms with Gasteiger partial charge in [-0.3, -0.25) is 4.98 Å². The Labute approximate surface area is 108 Å². The third-order valence-electron chi connectivity index (χ3n) is 2.81. The first-order valence-corrected chi connectivity index (χ1v) is 6.29. The fourth-order valence-electron chi connectivity index (χ4n) is 2.26. The molecule has 0 aliphatic carbocycles. The Morgan fingerprint density at radius 1 is 1.22 bits per heavy atom. The van der Waals surface area contributed by atoms with Crippen molar-refractivity contribution in [3.05, 3.63) is 24.3 Å². The van der Waals surface area contributed by atoms with Crippen LogP contribution in [-0.4, -0.2) is 20.1 Å². The van der Waals surface area contributed by atoms with Gasteiger partial charge < -0.3 is 10.3 Å². The summed E-state index contributed by atoms with van der Waals surface area (Å²) in [5.74, 6) is 1.03. The Kier molecular flexibility index (Phi) is 2.93. The van der Waals surface area contributed by atoms with Crippen LogP contribution in [0.2, 0.25) is 0 Å². The summed E-state index contributed by atoms with van der Waals surface area (Å²) in [6.45, 7) is 10.6. The van der Waals surface area contributed by atoms with E-state index in [1.165, 1.54) is 0 Å². The van der Waals surface area contributed by atoms with Crippen molar-refractivity contribution < 1.29 is 0 Å². The van der Waals surface area contributed by atoms with Crippen molar-refractivity contribution in [3.8, 4) is 0 Å². The van der Waals surface area contributed by atoms with Gasteiger partial charge in [0.1, 0.15) is 11.3 Å². The van der Waals surface area contributed by atoms with Gasteiger partial charge in [-0.2, -0.15) is 0 Å². The van der Waals surface area contributed by atoms with E-state index >= 15 is 0 Å². The van der Waals surface area contributed by atoms with E-state index in [2.05, 4.69) is 35.3 Å². The largest absolute Gasteiger partial charge is 0.325 e. The fraction of sp³-hybridized carbons (Fsp3) is 0.571. The second-order valence-electron chi connectivity index (χ2n) is 6.56. The summed E-state index contributed by atoms with van der Waals surface area (Å²) in [6, 6.07) is 2.01. The van der Waals surface area contributed by atoms with E-state index in [-0.39, 0.29) is 11.1 Å². The number of aromatic nitrogens is 3. The van der Waals surface area contributed by atoms with Crippen molar-refractivity contribution >= 4 is 11.0 Å². The maximum atomic E-state index is 6.13. The van der Waals surface area contributed by atoms with Crippen molar-refractivity contribution in [3.63, 3.8) is 0 Å². The predicted molar refractivity (Wildman–Crippen MR) is 74.5 cm³/mol. The Morgan fingerprint density at radius 3 is 2.44 bits per heavy atom. The molecular formula is C14H22N4. The molecule has 2 rings (SSSR count). The third kappa shape index (κ3) is 2.53. The molecule has 18 heavy (non-hydrogen) atoms. The summed E-state index contributed by atoms with van der Waals surface area (Å²) in [5, 5.41) is 0. The first-order chi connectivity index (χ1) is 8.18. The van der Waals surface area contributed by atoms with Crippen LogP contribution in [-0.2, 0) is 12.0 Å². The van der Waals surface area contributed by atoms with E-state index in [0.717, 1.165) is 23.3 Å². The molecule has 4 heteroatoms. The van der Waals surface area contributed by atoms with E-state index in [0.29, 0.717) is 0 Å². The molecule has 2 N–H and O–H groups in total. The van der Waals surface area contributed by atoms with Gasteiger partial charge in [-0.1, -0.05) is 0 Å². The molecule has 0 aliphatic heterocycles. The molecule has 0 amide bonds. The zero-order valence-corrected chi connectivity index (χ0v) is 11.9. The number of pyridine rings is 1. The average Bonchev–Trinajstić information content (AvgIpc) is 2.50. The van der Waals surface area contributed by atoms with Gasteiger partial charge in [-0.05, 0) is 40.7 Å². The Morgan fingerprint density at radius 2 is 1.89 bits per heavy atom. The number of rotatable bonds is 2. The lowest BCUT2D eigenvalue weighted by atomic mass is 10.0. The SMILES string of the molecule is CC(C)(N)Cc1nc2cnccc2n1C(C)(C)C. The topological polar surface area (TPSA) is 56.7 Å². The summed E-state index contributed by atoms with van der Waals surface area (Å²) < 4.78 is 2.26. The highest BCUT2D eigenvalue weighted by Gasteiger charge is 2.24. The van der Waals surface area contributed by atoms with Gasteiger partial charge in [0.2, 0.25) is 0 Å². The van der Waals surface area contributed by atoms with Crippen LogP contribution in [0, 0.1) is 0 Å². The normalized spacial score (nSPS) is 13.2. The molecule has 2 aromatic rings. The van der Waals surface area contributed by atoms with Crippen LogP contribution in [0.3, 0.4) is 0 Å². The molecular weight excluding hydrogens is 224 g/mol. The number of nitrogens with zero attached hydrogens (tertiary/aromatic N) is 3. The summed E-state index contributed by atoms with van der Waals surface area (Å²) in [6.07, 6.45) is 4.37. The van der Waals surface area contributed by atoms with Crippen LogP contribution in [0.15, 0.2) is 18.5 Å². The van der Waals surface area contributed by atoms with Gasteiger partial charge in [0.05, 0.1) is 11.7 Å². The molecule has 0 radical (unpaired) electrons. The third-order valence-corrected chi connectivity index (χ3v) is 2.81. The van der Waals surface area contributed by atoms with Crippen LogP contribution in [0.5, 0.6) is 0 Å². The lowest BCUT2D eigenvalue weighted by Crippen LogP contribution is -2.37. The average molecular weight is 246 g/mol. The van der Waals surface area contributed by atoms with Crippen molar-refractivity contribution in [1.82, 2.24) is 14.5 Å². The van der Waals surface area contributed by atoms with E-state index < -0.39 is 0 Å². The number of hydrogen-bond acceptors (Lipinski definition) is 3. The standard InChI is InChI=1S/C14H22N4/c1-13(2,3)18-11-6-7-16-9-10(11)17-12(18)8-14(4,5)15/h6-7,9H,8,15H2,1-5H3. The van der Waals surface area contributed by atoms with Gasteiger partial charge in [-0.25, -0.2) is 4.98 Å². The van der Waals surface area contributed by atoms with E-state index in [4.69, 9.17) is 5.73 Å². The highest BCUT2D eigenvalue weighted by molar-refractivity contribution is 5.75. The number of hydrogen-bond donors (Lipinski definition) is 1. The van der Waals surface area contributed by atoms with Crippen LogP contribution >= 0.6 is 0 Å². The summed E-state index contributed by atoms with van der Waals surface area (Å²) >= 11 is 0. The van der Waals surface area contributed by atoms with Crippen LogP contribution < -0.4 is 5.73 Å². The minimum atomic E-state index is -0.266. The minimum absolute atomic E-state index is 0.0172. The highest BCUT2D eigenvalue weighted by atomic mass is 15.1. The van der Waals surface area contributed by atoms with Gasteiger partial charge in [0.25, 0.3) is 0 Å². The predicted octanol–water partition coefficient (Wildman–Crippen LogP) is 2.47. The summed E-state index contributed by atoms with van der Waals surface area (Å²) in [4.78, 5) is 8.82. The second-order valence-corrected chi connectivity index (χ2v) is 6.56. The minimum Gasteiger partial charge on any atom is -0.325 e. The Hall–Kier alpha value is -1.42. The van der Waals surface area contributed by atoms with Crippen molar-refractivity contribution in [2.24, 2.45) is 5.73 Å². The molecule has 2 heterocycles. The molecule has 0 spiro atoms. The van der Waals surface area contributed by atoms with Gasteiger partial charge in [0.15, 0.2) is 0 Å². The molecule has 98 valence electrons. The second kappa shape index (κ2) is 4.05. The Balaban J connectivity index is 2.65. The first kappa shape index (κ1) is 13.0. The molecule has 0 aliphatic rings. The highest BCUT2D eigenvalue weighted by Crippen LogP contribution is 2.26. The van der Waals surface area contributed by atoms with Crippen molar-refractivity contribution in [2.75, 3.05) is 0 Å². The zero-order valence-electron chi connectivity index (χ0n) is 11.9. The van der Waals surface area contributed by atoms with E-state index in [1.807, 2.05) is 32.3 Å². The molecule has 4 nitrogen and oxygen atoms in total. The molecule has 2 aromatic heterocycles. The Bertz CT molecular complexity index is 555. The fourth-order valence-corrected chi connectivity index (χ4v) is 2.26. The van der Waals surface area contributed by atoms with Crippen LogP contribution in [0.1, 0.15) is 40.4 Å². The van der Waals surface area contributed by atoms with Gasteiger partial charge >= 0.3 is 0 Å². The first-order valence-electron chi connectivity index (χ1n) is 6.29. The van der Waals surface area contributed by atoms with Gasteiger partial charge in [0, 0.05) is 23.7 Å². The maximum Gasteiger partial charge on any atom is 0.112 e. The lowest BCUT2D eigenvalue weighted by molar-refractivity contribution is 0.378. The molecule has 0 saturated heterocycles. The number of imidazole rings is 1. The lowest BCUT2D eigenvalue weighted by Gasteiger charge is -2.27. The monoisotopic (exact) mass is 246 g/mol. The van der Waals surface area contributed by atoms with Gasteiger partial charge in [-0.15, -0.1) is 0 Å². The molecule has 0 fully saturated rings. The number of nitrogens with two attached hydrogens (primary N) is 1. The zero-order chi connectivity index (χ0) is 13.6.